The third-order valence-corrected chi connectivity index (χ3v) is 3.48. The molecule has 130 valence electrons. The van der Waals surface area contributed by atoms with Crippen LogP contribution in [-0.4, -0.2) is 9.97 Å². The zero-order chi connectivity index (χ0) is 16.1. The lowest BCUT2D eigenvalue weighted by atomic mass is 10.2. The Bertz CT molecular complexity index is 877. The molecule has 3 N–H and O–H groups in total. The molecule has 0 radical (unpaired) electrons. The van der Waals surface area contributed by atoms with Crippen molar-refractivity contribution in [2.75, 3.05) is 5.32 Å². The van der Waals surface area contributed by atoms with E-state index in [0.717, 1.165) is 16.5 Å². The molecular formula is C18H17Cl3N4. The van der Waals surface area contributed by atoms with Crippen molar-refractivity contribution < 1.29 is 0 Å². The summed E-state index contributed by atoms with van der Waals surface area (Å²) in [6.07, 6.45) is 6.89. The van der Waals surface area contributed by atoms with Gasteiger partial charge >= 0.3 is 0 Å². The minimum absolute atomic E-state index is 0. The maximum Gasteiger partial charge on any atom is 0.154 e. The van der Waals surface area contributed by atoms with Crippen molar-refractivity contribution in [2.45, 2.75) is 0 Å². The molecular weight excluding hydrogens is 379 g/mol. The van der Waals surface area contributed by atoms with E-state index in [1.54, 1.807) is 6.20 Å². The highest BCUT2D eigenvalue weighted by molar-refractivity contribution is 6.30. The van der Waals surface area contributed by atoms with Crippen molar-refractivity contribution in [2.24, 2.45) is 5.73 Å². The molecule has 25 heavy (non-hydrogen) atoms. The number of para-hydroxylation sites is 1. The van der Waals surface area contributed by atoms with Gasteiger partial charge in [-0.2, -0.15) is 0 Å². The highest BCUT2D eigenvalue weighted by Gasteiger charge is 2.04. The molecule has 3 rings (SSSR count). The Balaban J connectivity index is 0.00000156. The van der Waals surface area contributed by atoms with Gasteiger partial charge in [0.2, 0.25) is 0 Å². The second-order valence-electron chi connectivity index (χ2n) is 4.84. The lowest BCUT2D eigenvalue weighted by molar-refractivity contribution is 1.18. The Labute approximate surface area is 163 Å². The number of anilines is 1. The Morgan fingerprint density at radius 1 is 0.920 bits per heavy atom. The third kappa shape index (κ3) is 5.36. The molecule has 0 aliphatic rings. The first-order valence-electron chi connectivity index (χ1n) is 7.10. The van der Waals surface area contributed by atoms with Crippen molar-refractivity contribution in [3.05, 3.63) is 77.3 Å². The van der Waals surface area contributed by atoms with Crippen molar-refractivity contribution in [3.63, 3.8) is 0 Å². The summed E-state index contributed by atoms with van der Waals surface area (Å²) in [5, 5.41) is 4.73. The quantitative estimate of drug-likeness (QED) is 0.642. The van der Waals surface area contributed by atoms with Gasteiger partial charge in [-0.25, -0.2) is 9.97 Å². The smallest absolute Gasteiger partial charge is 0.154 e. The summed E-state index contributed by atoms with van der Waals surface area (Å²) in [7, 11) is 0. The third-order valence-electron chi connectivity index (χ3n) is 3.23. The molecule has 0 saturated heterocycles. The van der Waals surface area contributed by atoms with Crippen molar-refractivity contribution in [1.82, 2.24) is 9.97 Å². The predicted molar refractivity (Wildman–Crippen MR) is 111 cm³/mol. The van der Waals surface area contributed by atoms with Crippen molar-refractivity contribution in [3.8, 4) is 0 Å². The molecule has 0 fully saturated rings. The van der Waals surface area contributed by atoms with Crippen LogP contribution in [0.5, 0.6) is 0 Å². The molecule has 0 spiro atoms. The monoisotopic (exact) mass is 394 g/mol. The second kappa shape index (κ2) is 9.89. The van der Waals surface area contributed by atoms with Gasteiger partial charge in [0.1, 0.15) is 5.82 Å². The zero-order valence-corrected chi connectivity index (χ0v) is 15.5. The van der Waals surface area contributed by atoms with E-state index >= 15 is 0 Å². The lowest BCUT2D eigenvalue weighted by Gasteiger charge is -2.06. The minimum atomic E-state index is 0. The first-order valence-corrected chi connectivity index (χ1v) is 7.48. The summed E-state index contributed by atoms with van der Waals surface area (Å²) < 4.78 is 0. The molecule has 4 nitrogen and oxygen atoms in total. The van der Waals surface area contributed by atoms with E-state index in [1.165, 1.54) is 6.20 Å². The van der Waals surface area contributed by atoms with E-state index in [9.17, 15) is 0 Å². The van der Waals surface area contributed by atoms with E-state index in [-0.39, 0.29) is 24.8 Å². The lowest BCUT2D eigenvalue weighted by Crippen LogP contribution is -1.98. The molecule has 2 aromatic carbocycles. The number of hydrogen-bond acceptors (Lipinski definition) is 4. The Morgan fingerprint density at radius 3 is 2.36 bits per heavy atom. The Morgan fingerprint density at radius 2 is 1.64 bits per heavy atom. The van der Waals surface area contributed by atoms with Crippen LogP contribution in [0, 0.1) is 0 Å². The first-order chi connectivity index (χ1) is 11.3. The van der Waals surface area contributed by atoms with Crippen LogP contribution in [0.15, 0.2) is 60.9 Å². The van der Waals surface area contributed by atoms with E-state index in [1.807, 2.05) is 60.7 Å². The van der Waals surface area contributed by atoms with Gasteiger partial charge < -0.3 is 11.1 Å². The maximum absolute atomic E-state index is 5.89. The SMILES string of the molecule is Cl.Cl.N/C=C/Nc1nc(/C=C/c2ccc(Cl)cc2)nc2ccccc12. The predicted octanol–water partition coefficient (Wildman–Crippen LogP) is 5.14. The van der Waals surface area contributed by atoms with Crippen LogP contribution in [0.2, 0.25) is 5.02 Å². The normalized spacial score (nSPS) is 10.6. The van der Waals surface area contributed by atoms with E-state index in [4.69, 9.17) is 17.3 Å². The molecule has 0 aliphatic carbocycles. The molecule has 1 aromatic heterocycles. The average molecular weight is 396 g/mol. The minimum Gasteiger partial charge on any atom is -0.403 e. The van der Waals surface area contributed by atoms with Crippen LogP contribution >= 0.6 is 36.4 Å². The molecule has 0 unspecified atom stereocenters. The number of aromatic nitrogens is 2. The summed E-state index contributed by atoms with van der Waals surface area (Å²) in [6, 6.07) is 15.4. The van der Waals surface area contributed by atoms with Gasteiger partial charge in [-0.05, 0) is 35.9 Å². The van der Waals surface area contributed by atoms with Gasteiger partial charge in [-0.15, -0.1) is 24.8 Å². The van der Waals surface area contributed by atoms with Crippen LogP contribution in [0.1, 0.15) is 11.4 Å². The van der Waals surface area contributed by atoms with Crippen molar-refractivity contribution >= 4 is 65.3 Å². The highest BCUT2D eigenvalue weighted by Crippen LogP contribution is 2.21. The van der Waals surface area contributed by atoms with Crippen LogP contribution in [0.25, 0.3) is 23.1 Å². The number of nitrogens with one attached hydrogen (secondary N) is 1. The van der Waals surface area contributed by atoms with Gasteiger partial charge in [0, 0.05) is 22.8 Å². The fraction of sp³-hybridized carbons (Fsp3) is 0. The van der Waals surface area contributed by atoms with Gasteiger partial charge in [0.15, 0.2) is 5.82 Å². The number of rotatable bonds is 4. The fourth-order valence-corrected chi connectivity index (χ4v) is 2.28. The summed E-state index contributed by atoms with van der Waals surface area (Å²) in [4.78, 5) is 9.09. The molecule has 1 heterocycles. The number of halogens is 3. The fourth-order valence-electron chi connectivity index (χ4n) is 2.15. The summed E-state index contributed by atoms with van der Waals surface area (Å²) in [5.74, 6) is 1.33. The number of hydrogen-bond donors (Lipinski definition) is 2. The molecule has 7 heteroatoms. The first kappa shape index (κ1) is 20.8. The Kier molecular flexibility index (Phi) is 8.22. The van der Waals surface area contributed by atoms with Gasteiger partial charge in [-0.1, -0.05) is 41.9 Å². The Hall–Kier alpha value is -2.27. The van der Waals surface area contributed by atoms with Crippen LogP contribution < -0.4 is 11.1 Å². The van der Waals surface area contributed by atoms with E-state index in [2.05, 4.69) is 15.3 Å². The molecule has 0 bridgehead atoms. The topological polar surface area (TPSA) is 63.8 Å². The van der Waals surface area contributed by atoms with Crippen LogP contribution in [-0.2, 0) is 0 Å². The number of benzene rings is 2. The summed E-state index contributed by atoms with van der Waals surface area (Å²) in [6.45, 7) is 0. The van der Waals surface area contributed by atoms with Gasteiger partial charge in [0.25, 0.3) is 0 Å². The maximum atomic E-state index is 5.89. The second-order valence-corrected chi connectivity index (χ2v) is 5.27. The van der Waals surface area contributed by atoms with E-state index < -0.39 is 0 Å². The summed E-state index contributed by atoms with van der Waals surface area (Å²) >= 11 is 5.89. The summed E-state index contributed by atoms with van der Waals surface area (Å²) in [5.41, 5.74) is 7.29. The molecule has 3 aromatic rings. The average Bonchev–Trinajstić information content (AvgIpc) is 2.59. The zero-order valence-electron chi connectivity index (χ0n) is 13.1. The van der Waals surface area contributed by atoms with Crippen molar-refractivity contribution in [1.29, 1.82) is 0 Å². The highest BCUT2D eigenvalue weighted by atomic mass is 35.5. The standard InChI is InChI=1S/C18H15ClN4.2ClH/c19-14-8-5-13(6-9-14)7-10-17-22-16-4-2-1-3-15(16)18(23-17)21-12-11-20;;/h1-12H,20H2,(H,21,22,23);2*1H/b10-7+,12-11+;;. The molecule has 0 saturated carbocycles. The molecule has 0 atom stereocenters. The number of fused-ring (bicyclic) bond motifs is 1. The largest absolute Gasteiger partial charge is 0.403 e. The molecule has 0 amide bonds. The number of nitrogens with zero attached hydrogens (tertiary/aromatic N) is 2. The molecule has 0 aliphatic heterocycles. The van der Waals surface area contributed by atoms with Crippen LogP contribution in [0.4, 0.5) is 5.82 Å². The van der Waals surface area contributed by atoms with E-state index in [0.29, 0.717) is 16.7 Å². The van der Waals surface area contributed by atoms with Gasteiger partial charge in [0.05, 0.1) is 5.52 Å². The van der Waals surface area contributed by atoms with Gasteiger partial charge in [-0.3, -0.25) is 0 Å². The van der Waals surface area contributed by atoms with Crippen LogP contribution in [0.3, 0.4) is 0 Å². The number of nitrogens with two attached hydrogens (primary N) is 1.